The SMILES string of the molecule is C1CCC2(C1)CNCCN2.Cl.Cl.O. The van der Waals surface area contributed by atoms with E-state index in [-0.39, 0.29) is 30.3 Å². The molecule has 1 aliphatic heterocycles. The zero-order valence-corrected chi connectivity index (χ0v) is 9.40. The Morgan fingerprint density at radius 1 is 0.923 bits per heavy atom. The molecule has 82 valence electrons. The maximum absolute atomic E-state index is 3.63. The molecule has 0 atom stereocenters. The van der Waals surface area contributed by atoms with E-state index in [1.165, 1.54) is 38.8 Å². The zero-order valence-electron chi connectivity index (χ0n) is 7.77. The molecule has 4 N–H and O–H groups in total. The molecule has 1 spiro atoms. The summed E-state index contributed by atoms with van der Waals surface area (Å²) in [6.45, 7) is 3.52. The van der Waals surface area contributed by atoms with Gasteiger partial charge in [-0.05, 0) is 12.8 Å². The average molecular weight is 231 g/mol. The number of nitrogens with one attached hydrogen (secondary N) is 2. The predicted molar refractivity (Wildman–Crippen MR) is 60.2 cm³/mol. The first-order chi connectivity index (χ1) is 4.91. The highest BCUT2D eigenvalue weighted by atomic mass is 35.5. The van der Waals surface area contributed by atoms with Crippen molar-refractivity contribution in [1.82, 2.24) is 10.6 Å². The molecule has 13 heavy (non-hydrogen) atoms. The largest absolute Gasteiger partial charge is 0.412 e. The minimum Gasteiger partial charge on any atom is -0.412 e. The fourth-order valence-electron chi connectivity index (χ4n) is 2.21. The van der Waals surface area contributed by atoms with E-state index in [4.69, 9.17) is 0 Å². The Labute approximate surface area is 92.2 Å². The zero-order chi connectivity index (χ0) is 6.86. The summed E-state index contributed by atoms with van der Waals surface area (Å²) in [5.74, 6) is 0. The van der Waals surface area contributed by atoms with Crippen molar-refractivity contribution in [2.75, 3.05) is 19.6 Å². The minimum absolute atomic E-state index is 0. The van der Waals surface area contributed by atoms with E-state index >= 15 is 0 Å². The van der Waals surface area contributed by atoms with Gasteiger partial charge in [-0.1, -0.05) is 12.8 Å². The van der Waals surface area contributed by atoms with E-state index < -0.39 is 0 Å². The van der Waals surface area contributed by atoms with Gasteiger partial charge in [0.2, 0.25) is 0 Å². The third kappa shape index (κ3) is 3.60. The van der Waals surface area contributed by atoms with E-state index in [9.17, 15) is 0 Å². The van der Waals surface area contributed by atoms with E-state index in [0.29, 0.717) is 5.54 Å². The lowest BCUT2D eigenvalue weighted by Gasteiger charge is -2.35. The second-order valence-corrected chi connectivity index (χ2v) is 3.59. The van der Waals surface area contributed by atoms with Gasteiger partial charge in [0.15, 0.2) is 0 Å². The number of halogens is 2. The fourth-order valence-corrected chi connectivity index (χ4v) is 2.21. The van der Waals surface area contributed by atoms with Crippen molar-refractivity contribution in [3.8, 4) is 0 Å². The number of hydrogen-bond acceptors (Lipinski definition) is 2. The molecule has 1 saturated heterocycles. The van der Waals surface area contributed by atoms with Crippen LogP contribution in [-0.4, -0.2) is 30.6 Å². The van der Waals surface area contributed by atoms with Crippen LogP contribution < -0.4 is 10.6 Å². The number of hydrogen-bond donors (Lipinski definition) is 2. The number of rotatable bonds is 0. The Hall–Kier alpha value is 0.460. The van der Waals surface area contributed by atoms with Crippen molar-refractivity contribution in [2.24, 2.45) is 0 Å². The normalized spacial score (nSPS) is 24.0. The Morgan fingerprint density at radius 3 is 2.00 bits per heavy atom. The van der Waals surface area contributed by atoms with Crippen LogP contribution in [0.25, 0.3) is 0 Å². The summed E-state index contributed by atoms with van der Waals surface area (Å²) < 4.78 is 0. The quantitative estimate of drug-likeness (QED) is 0.638. The summed E-state index contributed by atoms with van der Waals surface area (Å²) in [5.41, 5.74) is 0.512. The molecule has 2 fully saturated rings. The molecule has 2 rings (SSSR count). The van der Waals surface area contributed by atoms with Crippen LogP contribution in [0.3, 0.4) is 0 Å². The molecule has 2 aliphatic rings. The van der Waals surface area contributed by atoms with Crippen LogP contribution in [0.4, 0.5) is 0 Å². The second kappa shape index (κ2) is 6.85. The maximum Gasteiger partial charge on any atom is 0.0306 e. The standard InChI is InChI=1S/C8H16N2.2ClH.H2O/c1-2-4-8(3-1)7-9-5-6-10-8;;;/h9-10H,1-7H2;2*1H;1H2. The van der Waals surface area contributed by atoms with E-state index in [1.807, 2.05) is 0 Å². The summed E-state index contributed by atoms with van der Waals surface area (Å²) in [6.07, 6.45) is 5.63. The lowest BCUT2D eigenvalue weighted by Crippen LogP contribution is -2.57. The van der Waals surface area contributed by atoms with E-state index in [2.05, 4.69) is 10.6 Å². The van der Waals surface area contributed by atoms with Gasteiger partial charge >= 0.3 is 0 Å². The van der Waals surface area contributed by atoms with E-state index in [1.54, 1.807) is 0 Å². The van der Waals surface area contributed by atoms with Gasteiger partial charge in [-0.3, -0.25) is 0 Å². The van der Waals surface area contributed by atoms with Crippen LogP contribution in [-0.2, 0) is 0 Å². The first-order valence-electron chi connectivity index (χ1n) is 4.37. The topological polar surface area (TPSA) is 55.6 Å². The number of piperazine rings is 1. The first kappa shape index (κ1) is 15.9. The van der Waals surface area contributed by atoms with Gasteiger partial charge in [-0.15, -0.1) is 24.8 Å². The van der Waals surface area contributed by atoms with Crippen LogP contribution in [0.1, 0.15) is 25.7 Å². The second-order valence-electron chi connectivity index (χ2n) is 3.59. The van der Waals surface area contributed by atoms with Gasteiger partial charge in [0, 0.05) is 25.2 Å². The highest BCUT2D eigenvalue weighted by molar-refractivity contribution is 5.85. The highest BCUT2D eigenvalue weighted by Gasteiger charge is 2.34. The first-order valence-corrected chi connectivity index (χ1v) is 4.37. The van der Waals surface area contributed by atoms with Crippen molar-refractivity contribution >= 4 is 24.8 Å². The molecule has 3 nitrogen and oxygen atoms in total. The maximum atomic E-state index is 3.63. The van der Waals surface area contributed by atoms with Gasteiger partial charge in [0.1, 0.15) is 0 Å². The molecule has 1 saturated carbocycles. The monoisotopic (exact) mass is 230 g/mol. The van der Waals surface area contributed by atoms with Crippen LogP contribution in [0.15, 0.2) is 0 Å². The fraction of sp³-hybridized carbons (Fsp3) is 1.00. The summed E-state index contributed by atoms with van der Waals surface area (Å²) in [6, 6.07) is 0. The third-order valence-corrected chi connectivity index (χ3v) is 2.83. The van der Waals surface area contributed by atoms with Gasteiger partial charge < -0.3 is 16.1 Å². The van der Waals surface area contributed by atoms with Crippen LogP contribution >= 0.6 is 24.8 Å². The van der Waals surface area contributed by atoms with Crippen molar-refractivity contribution in [2.45, 2.75) is 31.2 Å². The van der Waals surface area contributed by atoms with Crippen molar-refractivity contribution in [3.63, 3.8) is 0 Å². The molecule has 0 aromatic rings. The molecule has 1 aliphatic carbocycles. The molecular weight excluding hydrogens is 211 g/mol. The van der Waals surface area contributed by atoms with Gasteiger partial charge in [-0.25, -0.2) is 0 Å². The molecule has 1 heterocycles. The molecular formula is C8H20Cl2N2O. The third-order valence-electron chi connectivity index (χ3n) is 2.83. The Morgan fingerprint density at radius 2 is 1.54 bits per heavy atom. The van der Waals surface area contributed by atoms with E-state index in [0.717, 1.165) is 6.54 Å². The molecule has 0 bridgehead atoms. The summed E-state index contributed by atoms with van der Waals surface area (Å²) in [4.78, 5) is 0. The summed E-state index contributed by atoms with van der Waals surface area (Å²) in [5, 5.41) is 7.09. The Balaban J connectivity index is 0. The molecule has 0 aromatic heterocycles. The van der Waals surface area contributed by atoms with Crippen LogP contribution in [0.5, 0.6) is 0 Å². The van der Waals surface area contributed by atoms with Gasteiger partial charge in [-0.2, -0.15) is 0 Å². The van der Waals surface area contributed by atoms with Crippen molar-refractivity contribution < 1.29 is 5.48 Å². The summed E-state index contributed by atoms with van der Waals surface area (Å²) >= 11 is 0. The van der Waals surface area contributed by atoms with Gasteiger partial charge in [0.05, 0.1) is 0 Å². The smallest absolute Gasteiger partial charge is 0.0306 e. The molecule has 0 amide bonds. The van der Waals surface area contributed by atoms with Crippen LogP contribution in [0.2, 0.25) is 0 Å². The molecule has 0 unspecified atom stereocenters. The lowest BCUT2D eigenvalue weighted by atomic mass is 9.96. The van der Waals surface area contributed by atoms with Crippen molar-refractivity contribution in [3.05, 3.63) is 0 Å². The average Bonchev–Trinajstić information content (AvgIpc) is 2.39. The highest BCUT2D eigenvalue weighted by Crippen LogP contribution is 2.29. The Kier molecular flexibility index (Phi) is 8.38. The molecule has 0 radical (unpaired) electrons. The Bertz CT molecular complexity index is 121. The minimum atomic E-state index is 0. The molecule has 0 aromatic carbocycles. The van der Waals surface area contributed by atoms with Gasteiger partial charge in [0.25, 0.3) is 0 Å². The lowest BCUT2D eigenvalue weighted by molar-refractivity contribution is 0.278. The van der Waals surface area contributed by atoms with Crippen LogP contribution in [0, 0.1) is 0 Å². The van der Waals surface area contributed by atoms with Crippen molar-refractivity contribution in [1.29, 1.82) is 0 Å². The summed E-state index contributed by atoms with van der Waals surface area (Å²) in [7, 11) is 0. The predicted octanol–water partition coefficient (Wildman–Crippen LogP) is 0.511. The molecule has 5 heteroatoms.